The van der Waals surface area contributed by atoms with Crippen molar-refractivity contribution < 1.29 is 13.2 Å². The molecule has 2 aromatic rings. The minimum atomic E-state index is -4.20. The molecule has 0 amide bonds. The number of halogens is 3. The van der Waals surface area contributed by atoms with Crippen LogP contribution in [0.25, 0.3) is 0 Å². The molecule has 0 aliphatic heterocycles. The van der Waals surface area contributed by atoms with E-state index in [1.165, 1.54) is 12.1 Å². The molecule has 110 valence electrons. The van der Waals surface area contributed by atoms with Crippen molar-refractivity contribution in [3.63, 3.8) is 0 Å². The maximum atomic E-state index is 12.4. The molecule has 3 nitrogen and oxygen atoms in total. The molecule has 1 aromatic carbocycles. The lowest BCUT2D eigenvalue weighted by Gasteiger charge is -2.10. The Balaban J connectivity index is 1.75. The minimum absolute atomic E-state index is 0.226. The highest BCUT2D eigenvalue weighted by Gasteiger charge is 2.28. The number of rotatable bonds is 4. The molecule has 0 unspecified atom stereocenters. The zero-order chi connectivity index (χ0) is 14.9. The maximum Gasteiger partial charge on any atom is 0.393 e. The maximum absolute atomic E-state index is 12.4. The monoisotopic (exact) mass is 293 g/mol. The number of aromatic nitrogens is 2. The van der Waals surface area contributed by atoms with E-state index in [0.29, 0.717) is 17.4 Å². The Hall–Kier alpha value is -2.11. The third-order valence-corrected chi connectivity index (χ3v) is 3.22. The van der Waals surface area contributed by atoms with Crippen LogP contribution in [0.2, 0.25) is 0 Å². The van der Waals surface area contributed by atoms with Crippen molar-refractivity contribution in [3.8, 4) is 0 Å². The standard InChI is InChI=1S/C15H14F3N3/c16-15(17,18)9-10-2-1-3-12(8-10)20-13-6-7-19-14(21-13)11-4-5-11/h1-3,6-8,11H,4-5,9H2,(H,19,20,21). The number of hydrogen-bond donors (Lipinski definition) is 1. The number of nitrogens with one attached hydrogen (secondary N) is 1. The Morgan fingerprint density at radius 3 is 2.71 bits per heavy atom. The Morgan fingerprint density at radius 2 is 2.00 bits per heavy atom. The second-order valence-corrected chi connectivity index (χ2v) is 5.19. The van der Waals surface area contributed by atoms with Crippen LogP contribution < -0.4 is 5.32 Å². The summed E-state index contributed by atoms with van der Waals surface area (Å²) in [5.74, 6) is 1.84. The summed E-state index contributed by atoms with van der Waals surface area (Å²) in [5.41, 5.74) is 0.821. The van der Waals surface area contributed by atoms with E-state index in [9.17, 15) is 13.2 Å². The number of alkyl halides is 3. The number of benzene rings is 1. The molecule has 0 spiro atoms. The fourth-order valence-electron chi connectivity index (χ4n) is 2.12. The van der Waals surface area contributed by atoms with Gasteiger partial charge in [-0.2, -0.15) is 13.2 Å². The van der Waals surface area contributed by atoms with E-state index >= 15 is 0 Å². The van der Waals surface area contributed by atoms with E-state index in [-0.39, 0.29) is 5.56 Å². The van der Waals surface area contributed by atoms with E-state index < -0.39 is 12.6 Å². The van der Waals surface area contributed by atoms with Gasteiger partial charge in [0.1, 0.15) is 11.6 Å². The first-order valence-corrected chi connectivity index (χ1v) is 6.75. The van der Waals surface area contributed by atoms with Crippen molar-refractivity contribution in [3.05, 3.63) is 47.9 Å². The van der Waals surface area contributed by atoms with Crippen LogP contribution in [0.1, 0.15) is 30.1 Å². The van der Waals surface area contributed by atoms with Gasteiger partial charge in [-0.05, 0) is 36.6 Å². The Bertz CT molecular complexity index is 636. The van der Waals surface area contributed by atoms with Crippen molar-refractivity contribution in [1.82, 2.24) is 9.97 Å². The van der Waals surface area contributed by atoms with Gasteiger partial charge in [-0.25, -0.2) is 9.97 Å². The molecular formula is C15H14F3N3. The number of nitrogens with zero attached hydrogens (tertiary/aromatic N) is 2. The first kappa shape index (κ1) is 13.9. The van der Waals surface area contributed by atoms with Gasteiger partial charge in [0.15, 0.2) is 0 Å². The summed E-state index contributed by atoms with van der Waals surface area (Å²) in [6.45, 7) is 0. The smallest absolute Gasteiger partial charge is 0.340 e. The van der Waals surface area contributed by atoms with Gasteiger partial charge >= 0.3 is 6.18 Å². The molecule has 0 bridgehead atoms. The highest BCUT2D eigenvalue weighted by molar-refractivity contribution is 5.56. The highest BCUT2D eigenvalue weighted by Crippen LogP contribution is 2.38. The molecule has 0 atom stereocenters. The van der Waals surface area contributed by atoms with Gasteiger partial charge in [-0.1, -0.05) is 12.1 Å². The van der Waals surface area contributed by atoms with Crippen LogP contribution in [0.15, 0.2) is 36.5 Å². The summed E-state index contributed by atoms with van der Waals surface area (Å²) in [7, 11) is 0. The third kappa shape index (κ3) is 3.93. The molecule has 1 aliphatic carbocycles. The lowest BCUT2D eigenvalue weighted by molar-refractivity contribution is -0.127. The summed E-state index contributed by atoms with van der Waals surface area (Å²) < 4.78 is 37.2. The molecule has 0 radical (unpaired) electrons. The Labute approximate surface area is 120 Å². The summed E-state index contributed by atoms with van der Waals surface area (Å²) in [4.78, 5) is 8.60. The normalized spacial score (nSPS) is 15.0. The largest absolute Gasteiger partial charge is 0.393 e. The molecule has 3 rings (SSSR count). The Kier molecular flexibility index (Phi) is 3.53. The van der Waals surface area contributed by atoms with Crippen molar-refractivity contribution in [1.29, 1.82) is 0 Å². The summed E-state index contributed by atoms with van der Waals surface area (Å²) in [5, 5.41) is 3.03. The van der Waals surface area contributed by atoms with E-state index in [4.69, 9.17) is 0 Å². The summed E-state index contributed by atoms with van der Waals surface area (Å²) in [6.07, 6.45) is -1.26. The van der Waals surface area contributed by atoms with Crippen molar-refractivity contribution >= 4 is 11.5 Å². The molecular weight excluding hydrogens is 279 g/mol. The molecule has 1 heterocycles. The van der Waals surface area contributed by atoms with Gasteiger partial charge in [-0.3, -0.25) is 0 Å². The predicted octanol–water partition coefficient (Wildman–Crippen LogP) is 4.20. The van der Waals surface area contributed by atoms with E-state index in [1.54, 1.807) is 24.4 Å². The molecule has 1 N–H and O–H groups in total. The zero-order valence-corrected chi connectivity index (χ0v) is 11.2. The molecule has 1 saturated carbocycles. The number of anilines is 2. The average Bonchev–Trinajstić information content (AvgIpc) is 3.21. The molecule has 1 fully saturated rings. The van der Waals surface area contributed by atoms with Crippen molar-refractivity contribution in [2.24, 2.45) is 0 Å². The zero-order valence-electron chi connectivity index (χ0n) is 11.2. The van der Waals surface area contributed by atoms with Gasteiger partial charge in [-0.15, -0.1) is 0 Å². The molecule has 1 aromatic heterocycles. The molecule has 0 saturated heterocycles. The van der Waals surface area contributed by atoms with Crippen LogP contribution >= 0.6 is 0 Å². The minimum Gasteiger partial charge on any atom is -0.340 e. The van der Waals surface area contributed by atoms with Gasteiger partial charge in [0.25, 0.3) is 0 Å². The van der Waals surface area contributed by atoms with Crippen LogP contribution in [0, 0.1) is 0 Å². The fourth-order valence-corrected chi connectivity index (χ4v) is 2.12. The van der Waals surface area contributed by atoms with E-state index in [2.05, 4.69) is 15.3 Å². The first-order valence-electron chi connectivity index (χ1n) is 6.75. The fraction of sp³-hybridized carbons (Fsp3) is 0.333. The second kappa shape index (κ2) is 5.35. The van der Waals surface area contributed by atoms with Crippen molar-refractivity contribution in [2.45, 2.75) is 31.4 Å². The van der Waals surface area contributed by atoms with Crippen LogP contribution in [0.3, 0.4) is 0 Å². The summed E-state index contributed by atoms with van der Waals surface area (Å²) in [6, 6.07) is 7.99. The van der Waals surface area contributed by atoms with Crippen molar-refractivity contribution in [2.75, 3.05) is 5.32 Å². The van der Waals surface area contributed by atoms with Gasteiger partial charge in [0.05, 0.1) is 6.42 Å². The molecule has 6 heteroatoms. The topological polar surface area (TPSA) is 37.8 Å². The number of hydrogen-bond acceptors (Lipinski definition) is 3. The third-order valence-electron chi connectivity index (χ3n) is 3.22. The highest BCUT2D eigenvalue weighted by atomic mass is 19.4. The van der Waals surface area contributed by atoms with Gasteiger partial charge in [0, 0.05) is 17.8 Å². The van der Waals surface area contributed by atoms with Gasteiger partial charge in [0.2, 0.25) is 0 Å². The SMILES string of the molecule is FC(F)(F)Cc1cccc(Nc2ccnc(C3CC3)n2)c1. The summed E-state index contributed by atoms with van der Waals surface area (Å²) >= 11 is 0. The lowest BCUT2D eigenvalue weighted by atomic mass is 10.1. The molecule has 1 aliphatic rings. The van der Waals surface area contributed by atoms with Gasteiger partial charge < -0.3 is 5.32 Å². The predicted molar refractivity (Wildman–Crippen MR) is 73.5 cm³/mol. The quantitative estimate of drug-likeness (QED) is 0.918. The van der Waals surface area contributed by atoms with Crippen LogP contribution in [0.4, 0.5) is 24.7 Å². The second-order valence-electron chi connectivity index (χ2n) is 5.19. The lowest BCUT2D eigenvalue weighted by Crippen LogP contribution is -2.11. The van der Waals surface area contributed by atoms with Crippen LogP contribution in [0.5, 0.6) is 0 Å². The van der Waals surface area contributed by atoms with Crippen LogP contribution in [-0.2, 0) is 6.42 Å². The average molecular weight is 293 g/mol. The Morgan fingerprint density at radius 1 is 1.19 bits per heavy atom. The first-order chi connectivity index (χ1) is 9.99. The molecule has 21 heavy (non-hydrogen) atoms. The van der Waals surface area contributed by atoms with Crippen LogP contribution in [-0.4, -0.2) is 16.1 Å². The van der Waals surface area contributed by atoms with E-state index in [0.717, 1.165) is 18.7 Å². The van der Waals surface area contributed by atoms with E-state index in [1.807, 2.05) is 0 Å².